The van der Waals surface area contributed by atoms with Gasteiger partial charge in [-0.05, 0) is 18.4 Å². The molecule has 0 bridgehead atoms. The van der Waals surface area contributed by atoms with Crippen LogP contribution in [-0.4, -0.2) is 24.7 Å². The van der Waals surface area contributed by atoms with Gasteiger partial charge in [0.2, 0.25) is 0 Å². The first-order chi connectivity index (χ1) is 5.33. The second-order valence-electron chi connectivity index (χ2n) is 2.28. The summed E-state index contributed by atoms with van der Waals surface area (Å²) in [5.74, 6) is -1.86. The predicted octanol–water partition coefficient (Wildman–Crippen LogP) is -4.04. The summed E-state index contributed by atoms with van der Waals surface area (Å²) in [7, 11) is -4.00. The molecule has 0 aliphatic carbocycles. The van der Waals surface area contributed by atoms with Gasteiger partial charge in [0.25, 0.3) is 10.1 Å². The maximum absolute atomic E-state index is 10.1. The molecule has 0 rings (SSSR count). The van der Waals surface area contributed by atoms with Gasteiger partial charge >= 0.3 is 18.9 Å². The summed E-state index contributed by atoms with van der Waals surface area (Å²) >= 11 is 0. The quantitative estimate of drug-likeness (QED) is 0.277. The number of aliphatic carboxylic acids is 1. The van der Waals surface area contributed by atoms with Crippen LogP contribution in [0.2, 0.25) is 0 Å². The Morgan fingerprint density at radius 3 is 2.23 bits per heavy atom. The average molecular weight is 200 g/mol. The van der Waals surface area contributed by atoms with Crippen LogP contribution in [0.25, 0.3) is 0 Å². The molecule has 5 nitrogen and oxygen atoms in total. The second-order valence-corrected chi connectivity index (χ2v) is 3.85. The van der Waals surface area contributed by atoms with E-state index >= 15 is 0 Å². The molecule has 0 amide bonds. The summed E-state index contributed by atoms with van der Waals surface area (Å²) in [6.07, 6.45) is 0.0355. The maximum Gasteiger partial charge on any atom is 1.00 e. The number of carboxylic acids is 1. The third kappa shape index (κ3) is 9.63. The first-order valence-corrected chi connectivity index (χ1v) is 4.78. The summed E-state index contributed by atoms with van der Waals surface area (Å²) < 4.78 is 28.5. The van der Waals surface area contributed by atoms with Crippen LogP contribution in [0.3, 0.4) is 0 Å². The van der Waals surface area contributed by atoms with Gasteiger partial charge in [-0.2, -0.15) is 8.42 Å². The normalized spacial score (nSPS) is 10.2. The van der Waals surface area contributed by atoms with E-state index in [4.69, 9.17) is 4.55 Å². The molecule has 0 heterocycles. The molecule has 0 fully saturated rings. The third-order valence-corrected chi connectivity index (χ3v) is 1.97. The Morgan fingerprint density at radius 1 is 1.46 bits per heavy atom. The van der Waals surface area contributed by atoms with Crippen molar-refractivity contribution in [3.63, 3.8) is 0 Å². The molecule has 0 aliphatic rings. The van der Waals surface area contributed by atoms with E-state index in [1.165, 1.54) is 0 Å². The Balaban J connectivity index is 0. The van der Waals surface area contributed by atoms with Crippen LogP contribution >= 0.6 is 0 Å². The van der Waals surface area contributed by atoms with Crippen LogP contribution in [0, 0.1) is 0 Å². The van der Waals surface area contributed by atoms with Gasteiger partial charge < -0.3 is 9.90 Å². The van der Waals surface area contributed by atoms with Crippen molar-refractivity contribution in [2.75, 3.05) is 5.75 Å². The Bertz CT molecular complexity index is 281. The van der Waals surface area contributed by atoms with Gasteiger partial charge in [0.1, 0.15) is 0 Å². The summed E-state index contributed by atoms with van der Waals surface area (Å²) in [6, 6.07) is 0. The van der Waals surface area contributed by atoms with Gasteiger partial charge in [-0.15, -0.1) is 0 Å². The van der Waals surface area contributed by atoms with Crippen LogP contribution in [0.1, 0.15) is 12.8 Å². The minimum absolute atomic E-state index is 0. The molecule has 0 aromatic rings. The van der Waals surface area contributed by atoms with E-state index < -0.39 is 21.8 Å². The van der Waals surface area contributed by atoms with E-state index in [2.05, 4.69) is 6.58 Å². The molecule has 7 heteroatoms. The van der Waals surface area contributed by atoms with E-state index in [1.807, 2.05) is 0 Å². The van der Waals surface area contributed by atoms with Crippen molar-refractivity contribution in [3.8, 4) is 0 Å². The van der Waals surface area contributed by atoms with Crippen LogP contribution in [0.5, 0.6) is 0 Å². The number of hydrogen-bond donors (Lipinski definition) is 1. The fraction of sp³-hybridized carbons (Fsp3) is 0.500. The molecule has 0 aliphatic heterocycles. The van der Waals surface area contributed by atoms with E-state index in [0.717, 1.165) is 0 Å². The molecule has 0 saturated heterocycles. The molecule has 0 aromatic carbocycles. The zero-order valence-electron chi connectivity index (χ0n) is 7.32. The van der Waals surface area contributed by atoms with E-state index in [1.54, 1.807) is 0 Å². The van der Waals surface area contributed by atoms with Crippen LogP contribution in [0.4, 0.5) is 0 Å². The molecule has 0 unspecified atom stereocenters. The molecule has 0 atom stereocenters. The second kappa shape index (κ2) is 6.21. The van der Waals surface area contributed by atoms with Gasteiger partial charge in [-0.3, -0.25) is 4.55 Å². The monoisotopic (exact) mass is 200 g/mol. The average Bonchev–Trinajstić information content (AvgIpc) is 1.84. The summed E-state index contributed by atoms with van der Waals surface area (Å²) in [5.41, 5.74) is -0.168. The van der Waals surface area contributed by atoms with Crippen molar-refractivity contribution >= 4 is 16.1 Å². The van der Waals surface area contributed by atoms with Crippen molar-refractivity contribution in [2.24, 2.45) is 0 Å². The number of carbonyl (C=O) groups excluding carboxylic acids is 1. The molecule has 1 N–H and O–H groups in total. The first-order valence-electron chi connectivity index (χ1n) is 3.17. The SMILES string of the molecule is C=C(CCCS(=O)(=O)O)C(=O)[O-].[Li+]. The van der Waals surface area contributed by atoms with Crippen molar-refractivity contribution < 1.29 is 41.7 Å². The van der Waals surface area contributed by atoms with Crippen LogP contribution < -0.4 is 24.0 Å². The summed E-state index contributed by atoms with van der Waals surface area (Å²) in [6.45, 7) is 3.14. The van der Waals surface area contributed by atoms with Gasteiger partial charge in [0, 0.05) is 0 Å². The fourth-order valence-electron chi connectivity index (χ4n) is 0.570. The van der Waals surface area contributed by atoms with Gasteiger partial charge in [-0.1, -0.05) is 6.58 Å². The Hall–Kier alpha value is -0.283. The minimum atomic E-state index is -4.00. The number of carboxylic acid groups (broad SMARTS) is 1. The molecule has 0 spiro atoms. The summed E-state index contributed by atoms with van der Waals surface area (Å²) in [5, 5.41) is 10.0. The van der Waals surface area contributed by atoms with Crippen molar-refractivity contribution in [1.29, 1.82) is 0 Å². The molecule has 0 saturated carbocycles. The fourth-order valence-corrected chi connectivity index (χ4v) is 1.08. The number of carbonyl (C=O) groups is 1. The largest absolute Gasteiger partial charge is 1.00 e. The topological polar surface area (TPSA) is 94.5 Å². The van der Waals surface area contributed by atoms with Crippen LogP contribution in [0.15, 0.2) is 12.2 Å². The molecule has 0 radical (unpaired) electrons. The molecule has 0 aromatic heterocycles. The van der Waals surface area contributed by atoms with E-state index in [-0.39, 0.29) is 37.3 Å². The zero-order valence-corrected chi connectivity index (χ0v) is 8.13. The van der Waals surface area contributed by atoms with Crippen molar-refractivity contribution in [1.82, 2.24) is 0 Å². The Kier molecular flexibility index (Phi) is 7.27. The molecule has 70 valence electrons. The van der Waals surface area contributed by atoms with Gasteiger partial charge in [0.05, 0.1) is 11.7 Å². The number of rotatable bonds is 5. The maximum atomic E-state index is 10.1. The first kappa shape index (κ1) is 15.2. The Labute approximate surface area is 88.8 Å². The zero-order chi connectivity index (χ0) is 9.78. The van der Waals surface area contributed by atoms with E-state index in [0.29, 0.717) is 0 Å². The molecule has 13 heavy (non-hydrogen) atoms. The molecular weight excluding hydrogens is 191 g/mol. The van der Waals surface area contributed by atoms with Crippen LogP contribution in [-0.2, 0) is 14.9 Å². The standard InChI is InChI=1S/C6H10O5S.Li/c1-5(6(7)8)3-2-4-12(9,10)11;/h1-4H2,(H,7,8)(H,9,10,11);/q;+1/p-1. The van der Waals surface area contributed by atoms with Crippen molar-refractivity contribution in [3.05, 3.63) is 12.2 Å². The third-order valence-electron chi connectivity index (χ3n) is 1.17. The number of hydrogen-bond acceptors (Lipinski definition) is 4. The van der Waals surface area contributed by atoms with Crippen molar-refractivity contribution in [2.45, 2.75) is 12.8 Å². The van der Waals surface area contributed by atoms with Gasteiger partial charge in [-0.25, -0.2) is 0 Å². The smallest absolute Gasteiger partial charge is 0.545 e. The van der Waals surface area contributed by atoms with E-state index in [9.17, 15) is 18.3 Å². The van der Waals surface area contributed by atoms with Gasteiger partial charge in [0.15, 0.2) is 0 Å². The predicted molar refractivity (Wildman–Crippen MR) is 39.8 cm³/mol. The summed E-state index contributed by atoms with van der Waals surface area (Å²) in [4.78, 5) is 10.0. The minimum Gasteiger partial charge on any atom is -0.545 e. The Morgan fingerprint density at radius 2 is 1.92 bits per heavy atom. The molecular formula is C6H9LiO5S.